The van der Waals surface area contributed by atoms with Crippen molar-refractivity contribution < 1.29 is 42.6 Å². The van der Waals surface area contributed by atoms with E-state index in [0.29, 0.717) is 0 Å². The molecule has 0 rings (SSSR count). The van der Waals surface area contributed by atoms with E-state index in [-0.39, 0.29) is 45.9 Å². The van der Waals surface area contributed by atoms with Gasteiger partial charge in [0.05, 0.1) is 5.75 Å². The first kappa shape index (κ1) is 17.1. The van der Waals surface area contributed by atoms with Crippen LogP contribution in [0.15, 0.2) is 0 Å². The summed E-state index contributed by atoms with van der Waals surface area (Å²) in [5.74, 6) is 2.81. The van der Waals surface area contributed by atoms with Gasteiger partial charge < -0.3 is 19.4 Å². The fourth-order valence-electron chi connectivity index (χ4n) is 0.218. The maximum Gasteiger partial charge on any atom is 0.311 e. The fourth-order valence-corrected chi connectivity index (χ4v) is 0.653. The Balaban J connectivity index is -0.000000245. The van der Waals surface area contributed by atoms with Crippen molar-refractivity contribution in [2.45, 2.75) is 0 Å². The summed E-state index contributed by atoms with van der Waals surface area (Å²) in [7, 11) is -0.393. The molecule has 1 N–H and O–H groups in total. The summed E-state index contributed by atoms with van der Waals surface area (Å²) in [5.41, 5.74) is 0. The van der Waals surface area contributed by atoms with Gasteiger partial charge in [-0.25, -0.2) is 0 Å². The Morgan fingerprint density at radius 1 is 1.80 bits per heavy atom. The number of carboxylic acids is 1. The van der Waals surface area contributed by atoms with Gasteiger partial charge in [0.2, 0.25) is 0 Å². The zero-order valence-corrected chi connectivity index (χ0v) is 9.69. The van der Waals surface area contributed by atoms with Crippen LogP contribution in [0.1, 0.15) is 0 Å². The summed E-state index contributed by atoms with van der Waals surface area (Å²) in [6.45, 7) is 4.95. The molecule has 0 bridgehead atoms. The predicted molar refractivity (Wildman–Crippen MR) is 44.7 cm³/mol. The second kappa shape index (κ2) is 9.86. The minimum Gasteiger partial charge on any atom is -0.481 e. The van der Waals surface area contributed by atoms with E-state index in [9.17, 15) is 4.79 Å². The van der Waals surface area contributed by atoms with E-state index in [0.717, 1.165) is 0 Å². The summed E-state index contributed by atoms with van der Waals surface area (Å²) < 4.78 is 0. The molecule has 0 heterocycles. The van der Waals surface area contributed by atoms with Crippen LogP contribution >= 0.6 is 10.3 Å². The molecule has 0 aliphatic carbocycles. The molecule has 1 unspecified atom stereocenters. The van der Waals surface area contributed by atoms with Crippen LogP contribution in [0.4, 0.5) is 0 Å². The normalized spacial score (nSPS) is 10.1. The third kappa shape index (κ3) is 11.6. The molecule has 2 radical (unpaired) electrons. The molecule has 0 aromatic heterocycles. The average molecular weight is 234 g/mol. The van der Waals surface area contributed by atoms with Crippen molar-refractivity contribution in [1.29, 1.82) is 0 Å². The van der Waals surface area contributed by atoms with E-state index in [1.165, 1.54) is 0 Å². The van der Waals surface area contributed by atoms with E-state index >= 15 is 0 Å². The number of hydrogen-bond acceptors (Lipinski definition) is 1. The zero-order chi connectivity index (χ0) is 6.57. The summed E-state index contributed by atoms with van der Waals surface area (Å²) >= 11 is 0. The van der Waals surface area contributed by atoms with Gasteiger partial charge >= 0.3 is 5.97 Å². The van der Waals surface area contributed by atoms with Gasteiger partial charge in [0.1, 0.15) is 0 Å². The summed E-state index contributed by atoms with van der Waals surface area (Å²) in [4.78, 5) is 9.89. The fraction of sp³-hybridized carbons (Fsp3) is 0.200. The molecule has 0 amide bonds. The van der Waals surface area contributed by atoms with E-state index in [1.807, 2.05) is 0 Å². The Morgan fingerprint density at radius 2 is 2.20 bits per heavy atom. The molecule has 10 heavy (non-hydrogen) atoms. The van der Waals surface area contributed by atoms with Gasteiger partial charge in [-0.05, 0) is 6.56 Å². The number of rotatable bonds is 3. The first-order chi connectivity index (χ1) is 3.66. The maximum absolute atomic E-state index is 9.89. The summed E-state index contributed by atoms with van der Waals surface area (Å²) in [6.07, 6.45) is 0. The molecule has 0 aromatic carbocycles. The maximum atomic E-state index is 9.89. The number of hydrogen-bond donors (Lipinski definition) is 1. The van der Waals surface area contributed by atoms with E-state index < -0.39 is 16.3 Å². The van der Waals surface area contributed by atoms with Crippen LogP contribution in [-0.4, -0.2) is 29.3 Å². The van der Waals surface area contributed by atoms with Crippen LogP contribution in [0, 0.1) is 14.2 Å². The van der Waals surface area contributed by atoms with Crippen molar-refractivity contribution >= 4 is 28.7 Å². The van der Waals surface area contributed by atoms with Crippen LogP contribution in [0.3, 0.4) is 0 Å². The number of carboxylic acid groups (broad SMARTS) is 1. The molecule has 5 heteroatoms. The van der Waals surface area contributed by atoms with Gasteiger partial charge in [-0.1, -0.05) is 5.87 Å². The molecule has 0 fully saturated rings. The first-order valence-electron chi connectivity index (χ1n) is 2.00. The van der Waals surface area contributed by atoms with Crippen molar-refractivity contribution in [2.75, 3.05) is 5.75 Å². The standard InChI is InChI=1S/C4H7BO2S.CH3.Y/c1-5-8(2)3-4(6)7;;/h1-3H2,(H,6,7);1H3;/q2*-1;. The third-order valence-electron chi connectivity index (χ3n) is 0.545. The second-order valence-corrected chi connectivity index (χ2v) is 2.94. The largest absolute Gasteiger partial charge is 0.481 e. The number of aliphatic carboxylic acids is 1. The van der Waals surface area contributed by atoms with Crippen LogP contribution < -0.4 is 0 Å². The van der Waals surface area contributed by atoms with Gasteiger partial charge in [0, 0.05) is 32.7 Å². The van der Waals surface area contributed by atoms with Crippen molar-refractivity contribution in [2.24, 2.45) is 0 Å². The smallest absolute Gasteiger partial charge is 0.311 e. The Labute approximate surface area is 90.7 Å². The van der Waals surface area contributed by atoms with Crippen molar-refractivity contribution in [3.63, 3.8) is 0 Å². The van der Waals surface area contributed by atoms with Crippen molar-refractivity contribution in [1.82, 2.24) is 0 Å². The van der Waals surface area contributed by atoms with Crippen molar-refractivity contribution in [3.05, 3.63) is 14.2 Å². The predicted octanol–water partition coefficient (Wildman–Crippen LogP) is 0.630. The van der Waals surface area contributed by atoms with Gasteiger partial charge in [-0.3, -0.25) is 15.1 Å². The molecule has 0 saturated carbocycles. The molecule has 0 aliphatic heterocycles. The monoisotopic (exact) mass is 234 g/mol. The Kier molecular flexibility index (Phi) is 16.8. The Hall–Kier alpha value is 0.859. The van der Waals surface area contributed by atoms with Gasteiger partial charge in [-0.2, -0.15) is 0 Å². The molecule has 1 atom stereocenters. The average Bonchev–Trinajstić information content (AvgIpc) is 1.65. The van der Waals surface area contributed by atoms with Crippen LogP contribution in [0.2, 0.25) is 0 Å². The quantitative estimate of drug-likeness (QED) is 0.441. The molecule has 0 saturated heterocycles. The molecular weight excluding hydrogens is 224 g/mol. The molecule has 2 nitrogen and oxygen atoms in total. The van der Waals surface area contributed by atoms with Crippen molar-refractivity contribution in [3.8, 4) is 0 Å². The van der Waals surface area contributed by atoms with Crippen LogP contribution in [0.5, 0.6) is 0 Å². The topological polar surface area (TPSA) is 37.3 Å². The SMILES string of the molecule is C=S([B][CH2-])CC(=O)O.[CH3-].[Y]. The Bertz CT molecular complexity index is 118. The molecule has 0 aromatic rings. The Morgan fingerprint density at radius 3 is 2.30 bits per heavy atom. The van der Waals surface area contributed by atoms with E-state index in [1.54, 1.807) is 6.56 Å². The zero-order valence-electron chi connectivity index (χ0n) is 6.04. The summed E-state index contributed by atoms with van der Waals surface area (Å²) in [5, 5.41) is 8.13. The minimum absolute atomic E-state index is 0. The molecular formula is C5H10BO2SY-2. The van der Waals surface area contributed by atoms with Crippen LogP contribution in [0.25, 0.3) is 0 Å². The van der Waals surface area contributed by atoms with Crippen LogP contribution in [-0.2, 0) is 37.5 Å². The first-order valence-corrected chi connectivity index (χ1v) is 3.63. The molecule has 0 aliphatic rings. The number of carbonyl (C=O) groups is 1. The third-order valence-corrected chi connectivity index (χ3v) is 1.63. The second-order valence-electron chi connectivity index (χ2n) is 1.24. The minimum atomic E-state index is -0.816. The van der Waals surface area contributed by atoms with Gasteiger partial charge in [0.15, 0.2) is 0 Å². The van der Waals surface area contributed by atoms with E-state index in [4.69, 9.17) is 5.11 Å². The molecule has 0 spiro atoms. The van der Waals surface area contributed by atoms with Gasteiger partial charge in [-0.15, -0.1) is 0 Å². The summed E-state index contributed by atoms with van der Waals surface area (Å²) in [6, 6.07) is 0. The van der Waals surface area contributed by atoms with E-state index in [2.05, 4.69) is 12.7 Å². The molecule has 56 valence electrons. The van der Waals surface area contributed by atoms with Gasteiger partial charge in [0.25, 0.3) is 0 Å².